The highest BCUT2D eigenvalue weighted by atomic mass is 16.5. The number of methoxy groups -OCH3 is 1. The van der Waals surface area contributed by atoms with E-state index in [4.69, 9.17) is 10.5 Å². The number of ether oxygens (including phenoxy) is 1. The van der Waals surface area contributed by atoms with E-state index in [0.29, 0.717) is 19.0 Å². The molecule has 1 atom stereocenters. The molecule has 4 aromatic rings. The van der Waals surface area contributed by atoms with E-state index in [1.54, 1.807) is 31.1 Å². The van der Waals surface area contributed by atoms with E-state index in [1.807, 2.05) is 24.3 Å². The van der Waals surface area contributed by atoms with Crippen LogP contribution in [0.5, 0.6) is 0 Å². The smallest absolute Gasteiger partial charge is 0.244 e. The number of fused-ring (bicyclic) bond motifs is 3. The van der Waals surface area contributed by atoms with E-state index in [9.17, 15) is 4.79 Å². The Morgan fingerprint density at radius 1 is 1.36 bits per heavy atom. The first kappa shape index (κ1) is 17.9. The van der Waals surface area contributed by atoms with Gasteiger partial charge in [-0.25, -0.2) is 4.98 Å². The summed E-state index contributed by atoms with van der Waals surface area (Å²) in [5.74, 6) is 0.240. The molecule has 1 aromatic carbocycles. The summed E-state index contributed by atoms with van der Waals surface area (Å²) in [6.45, 7) is 2.69. The van der Waals surface area contributed by atoms with Crippen LogP contribution < -0.4 is 11.1 Å². The fourth-order valence-corrected chi connectivity index (χ4v) is 3.12. The molecule has 0 spiro atoms. The first-order chi connectivity index (χ1) is 13.6. The van der Waals surface area contributed by atoms with E-state index in [0.717, 1.165) is 33.1 Å². The SMILES string of the molecule is COCCNC(=O)C(C)n1cc2c(N)nc3cc(-c4ccn[nH]4)ccc3c2n1. The standard InChI is InChI=1S/C19H21N7O2/c1-11(19(27)21-7-8-28-2)26-10-14-17(25-26)13-4-3-12(15-5-6-22-24-15)9-16(13)23-18(14)20/h3-6,9-11H,7-8H2,1-2H3,(H2,20,23)(H,21,27)(H,22,24). The number of amides is 1. The maximum Gasteiger partial charge on any atom is 0.244 e. The number of hydrogen-bond donors (Lipinski definition) is 3. The monoisotopic (exact) mass is 379 g/mol. The number of hydrogen-bond acceptors (Lipinski definition) is 6. The van der Waals surface area contributed by atoms with Crippen LogP contribution in [0.15, 0.2) is 36.7 Å². The Hall–Kier alpha value is -3.46. The van der Waals surface area contributed by atoms with Crippen molar-refractivity contribution >= 4 is 33.5 Å². The Kier molecular flexibility index (Phi) is 4.66. The minimum atomic E-state index is -0.483. The lowest BCUT2D eigenvalue weighted by Gasteiger charge is -2.12. The van der Waals surface area contributed by atoms with Crippen molar-refractivity contribution < 1.29 is 9.53 Å². The number of aromatic nitrogens is 5. The maximum atomic E-state index is 12.3. The zero-order valence-corrected chi connectivity index (χ0v) is 15.6. The van der Waals surface area contributed by atoms with Crippen LogP contribution in [0.4, 0.5) is 5.82 Å². The molecule has 0 fully saturated rings. The molecule has 0 saturated heterocycles. The summed E-state index contributed by atoms with van der Waals surface area (Å²) >= 11 is 0. The van der Waals surface area contributed by atoms with Gasteiger partial charge in [0.1, 0.15) is 17.4 Å². The Morgan fingerprint density at radius 2 is 2.21 bits per heavy atom. The highest BCUT2D eigenvalue weighted by molar-refractivity contribution is 6.08. The molecule has 9 nitrogen and oxygen atoms in total. The van der Waals surface area contributed by atoms with Crippen LogP contribution in [-0.2, 0) is 9.53 Å². The van der Waals surface area contributed by atoms with Crippen molar-refractivity contribution in [3.8, 4) is 11.3 Å². The summed E-state index contributed by atoms with van der Waals surface area (Å²) in [6, 6.07) is 7.29. The second-order valence-corrected chi connectivity index (χ2v) is 6.53. The van der Waals surface area contributed by atoms with Gasteiger partial charge >= 0.3 is 0 Å². The summed E-state index contributed by atoms with van der Waals surface area (Å²) in [5, 5.41) is 16.0. The minimum absolute atomic E-state index is 0.137. The second-order valence-electron chi connectivity index (χ2n) is 6.53. The van der Waals surface area contributed by atoms with Gasteiger partial charge in [0.15, 0.2) is 0 Å². The molecule has 9 heteroatoms. The summed E-state index contributed by atoms with van der Waals surface area (Å²) in [6.07, 6.45) is 3.46. The number of nitrogens with zero attached hydrogens (tertiary/aromatic N) is 4. The summed E-state index contributed by atoms with van der Waals surface area (Å²) in [4.78, 5) is 16.9. The molecular formula is C19H21N7O2. The molecule has 0 aliphatic carbocycles. The summed E-state index contributed by atoms with van der Waals surface area (Å²) in [7, 11) is 1.59. The van der Waals surface area contributed by atoms with Crippen molar-refractivity contribution in [2.24, 2.45) is 0 Å². The molecule has 0 aliphatic rings. The van der Waals surface area contributed by atoms with Gasteiger partial charge in [-0.1, -0.05) is 6.07 Å². The van der Waals surface area contributed by atoms with Gasteiger partial charge < -0.3 is 15.8 Å². The van der Waals surface area contributed by atoms with Gasteiger partial charge in [0.25, 0.3) is 0 Å². The predicted molar refractivity (Wildman–Crippen MR) is 107 cm³/mol. The largest absolute Gasteiger partial charge is 0.383 e. The number of nitrogen functional groups attached to an aromatic ring is 1. The molecule has 1 unspecified atom stereocenters. The number of nitrogens with one attached hydrogen (secondary N) is 2. The lowest BCUT2D eigenvalue weighted by Crippen LogP contribution is -2.33. The van der Waals surface area contributed by atoms with Crippen LogP contribution >= 0.6 is 0 Å². The first-order valence-corrected chi connectivity index (χ1v) is 8.93. The van der Waals surface area contributed by atoms with Crippen molar-refractivity contribution in [2.75, 3.05) is 26.0 Å². The zero-order valence-electron chi connectivity index (χ0n) is 15.6. The van der Waals surface area contributed by atoms with E-state index in [2.05, 4.69) is 25.6 Å². The average Bonchev–Trinajstić information content (AvgIpc) is 3.37. The van der Waals surface area contributed by atoms with Gasteiger partial charge in [0, 0.05) is 37.0 Å². The molecule has 3 aromatic heterocycles. The van der Waals surface area contributed by atoms with E-state index in [-0.39, 0.29) is 5.91 Å². The van der Waals surface area contributed by atoms with E-state index >= 15 is 0 Å². The van der Waals surface area contributed by atoms with Crippen molar-refractivity contribution in [3.05, 3.63) is 36.7 Å². The van der Waals surface area contributed by atoms with Crippen LogP contribution in [0.3, 0.4) is 0 Å². The van der Waals surface area contributed by atoms with Crippen LogP contribution in [-0.4, -0.2) is 51.1 Å². The number of carbonyl (C=O) groups is 1. The number of nitrogens with two attached hydrogens (primary N) is 1. The fraction of sp³-hybridized carbons (Fsp3) is 0.263. The molecule has 0 bridgehead atoms. The Morgan fingerprint density at radius 3 is 2.96 bits per heavy atom. The minimum Gasteiger partial charge on any atom is -0.383 e. The number of carbonyl (C=O) groups excluding carboxylic acids is 1. The van der Waals surface area contributed by atoms with Gasteiger partial charge in [0.05, 0.1) is 23.2 Å². The lowest BCUT2D eigenvalue weighted by molar-refractivity contribution is -0.124. The lowest BCUT2D eigenvalue weighted by atomic mass is 10.1. The van der Waals surface area contributed by atoms with Crippen LogP contribution in [0.2, 0.25) is 0 Å². The number of H-pyrrole nitrogens is 1. The molecular weight excluding hydrogens is 358 g/mol. The number of aromatic amines is 1. The van der Waals surface area contributed by atoms with E-state index < -0.39 is 6.04 Å². The molecule has 4 N–H and O–H groups in total. The fourth-order valence-electron chi connectivity index (χ4n) is 3.12. The maximum absolute atomic E-state index is 12.3. The Balaban J connectivity index is 1.73. The number of rotatable bonds is 6. The highest BCUT2D eigenvalue weighted by Gasteiger charge is 2.19. The van der Waals surface area contributed by atoms with E-state index in [1.165, 1.54) is 0 Å². The van der Waals surface area contributed by atoms with Gasteiger partial charge in [-0.3, -0.25) is 14.6 Å². The zero-order chi connectivity index (χ0) is 19.7. The number of anilines is 1. The molecule has 0 aliphatic heterocycles. The number of pyridine rings is 1. The average molecular weight is 379 g/mol. The van der Waals surface area contributed by atoms with Crippen molar-refractivity contribution in [1.82, 2.24) is 30.3 Å². The third-order valence-electron chi connectivity index (χ3n) is 4.70. The molecule has 4 rings (SSSR count). The van der Waals surface area contributed by atoms with Crippen LogP contribution in [0.1, 0.15) is 13.0 Å². The highest BCUT2D eigenvalue weighted by Crippen LogP contribution is 2.30. The van der Waals surface area contributed by atoms with Crippen molar-refractivity contribution in [2.45, 2.75) is 13.0 Å². The third kappa shape index (κ3) is 3.16. The third-order valence-corrected chi connectivity index (χ3v) is 4.70. The molecule has 1 amide bonds. The summed E-state index contributed by atoms with van der Waals surface area (Å²) < 4.78 is 6.58. The molecule has 144 valence electrons. The van der Waals surface area contributed by atoms with Gasteiger partial charge in [-0.15, -0.1) is 0 Å². The quantitative estimate of drug-likeness (QED) is 0.440. The Bertz CT molecular complexity index is 1130. The molecule has 28 heavy (non-hydrogen) atoms. The first-order valence-electron chi connectivity index (χ1n) is 8.93. The number of benzene rings is 1. The van der Waals surface area contributed by atoms with Gasteiger partial charge in [-0.2, -0.15) is 10.2 Å². The Labute approximate surface area is 160 Å². The molecule has 0 radical (unpaired) electrons. The topological polar surface area (TPSA) is 124 Å². The van der Waals surface area contributed by atoms with Crippen LogP contribution in [0, 0.1) is 0 Å². The second kappa shape index (κ2) is 7.28. The van der Waals surface area contributed by atoms with Crippen molar-refractivity contribution in [3.63, 3.8) is 0 Å². The predicted octanol–water partition coefficient (Wildman–Crippen LogP) is 1.88. The van der Waals surface area contributed by atoms with Gasteiger partial charge in [0.2, 0.25) is 5.91 Å². The van der Waals surface area contributed by atoms with Crippen LogP contribution in [0.25, 0.3) is 33.1 Å². The normalized spacial score (nSPS) is 12.5. The van der Waals surface area contributed by atoms with Gasteiger partial charge in [-0.05, 0) is 25.1 Å². The molecule has 3 heterocycles. The van der Waals surface area contributed by atoms with Crippen molar-refractivity contribution in [1.29, 1.82) is 0 Å². The molecule has 0 saturated carbocycles. The summed E-state index contributed by atoms with van der Waals surface area (Å²) in [5.41, 5.74) is 9.49.